The molecule has 1 nitrogen and oxygen atoms in total. The Kier molecular flexibility index (Phi) is 3.05. The summed E-state index contributed by atoms with van der Waals surface area (Å²) in [4.78, 5) is 0. The second-order valence-corrected chi connectivity index (χ2v) is 3.08. The first kappa shape index (κ1) is 9.76. The van der Waals surface area contributed by atoms with Crippen LogP contribution in [-0.2, 0) is 0 Å². The van der Waals surface area contributed by atoms with Crippen molar-refractivity contribution in [3.63, 3.8) is 0 Å². The van der Waals surface area contributed by atoms with Crippen molar-refractivity contribution in [1.82, 2.24) is 0 Å². The van der Waals surface area contributed by atoms with Crippen molar-refractivity contribution in [2.45, 2.75) is 19.4 Å². The largest absolute Gasteiger partial charge is 0.323 e. The molecule has 0 bridgehead atoms. The molecule has 1 aromatic rings. The van der Waals surface area contributed by atoms with E-state index in [2.05, 4.69) is 5.92 Å². The van der Waals surface area contributed by atoms with Crippen LogP contribution in [-0.4, -0.2) is 0 Å². The fourth-order valence-corrected chi connectivity index (χ4v) is 1.22. The number of nitrogens with two attached hydrogens (primary N) is 1. The number of terminal acetylenes is 1. The van der Waals surface area contributed by atoms with Gasteiger partial charge in [-0.2, -0.15) is 0 Å². The molecule has 0 radical (unpaired) electrons. The smallest absolute Gasteiger partial charge is 0.123 e. The minimum absolute atomic E-state index is 0.262. The predicted molar refractivity (Wildman–Crippen MR) is 51.5 cm³/mol. The van der Waals surface area contributed by atoms with Crippen LogP contribution in [0.5, 0.6) is 0 Å². The first-order valence-corrected chi connectivity index (χ1v) is 4.09. The van der Waals surface area contributed by atoms with Crippen LogP contribution in [0.3, 0.4) is 0 Å². The number of benzene rings is 1. The van der Waals surface area contributed by atoms with Crippen LogP contribution in [0, 0.1) is 25.1 Å². The number of halogens is 1. The van der Waals surface area contributed by atoms with Crippen molar-refractivity contribution in [3.05, 3.63) is 35.1 Å². The zero-order valence-electron chi connectivity index (χ0n) is 7.55. The van der Waals surface area contributed by atoms with Crippen molar-refractivity contribution in [1.29, 1.82) is 0 Å². The third kappa shape index (κ3) is 2.57. The van der Waals surface area contributed by atoms with E-state index in [4.69, 9.17) is 12.2 Å². The number of hydrogen-bond donors (Lipinski definition) is 1. The molecule has 1 unspecified atom stereocenters. The molecule has 0 saturated heterocycles. The van der Waals surface area contributed by atoms with Crippen molar-refractivity contribution < 1.29 is 4.39 Å². The summed E-state index contributed by atoms with van der Waals surface area (Å²) in [5.74, 6) is 2.20. The zero-order valence-corrected chi connectivity index (χ0v) is 7.55. The van der Waals surface area contributed by atoms with Gasteiger partial charge in [-0.25, -0.2) is 4.39 Å². The summed E-state index contributed by atoms with van der Waals surface area (Å²) in [6.45, 7) is 1.83. The van der Waals surface area contributed by atoms with Crippen LogP contribution in [0.1, 0.15) is 23.6 Å². The second kappa shape index (κ2) is 4.06. The molecule has 0 aromatic heterocycles. The van der Waals surface area contributed by atoms with Crippen molar-refractivity contribution >= 4 is 0 Å². The van der Waals surface area contributed by atoms with Gasteiger partial charge in [-0.3, -0.25) is 0 Å². The molecule has 13 heavy (non-hydrogen) atoms. The van der Waals surface area contributed by atoms with Crippen LogP contribution in [0.2, 0.25) is 0 Å². The summed E-state index contributed by atoms with van der Waals surface area (Å²) in [5, 5.41) is 0. The lowest BCUT2D eigenvalue weighted by Gasteiger charge is -2.09. The highest BCUT2D eigenvalue weighted by molar-refractivity contribution is 5.26. The average Bonchev–Trinajstić information content (AvgIpc) is 2.03. The van der Waals surface area contributed by atoms with Gasteiger partial charge in [-0.1, -0.05) is 6.07 Å². The van der Waals surface area contributed by atoms with Gasteiger partial charge in [0.15, 0.2) is 0 Å². The topological polar surface area (TPSA) is 26.0 Å². The molecule has 0 saturated carbocycles. The maximum atomic E-state index is 12.9. The third-order valence-corrected chi connectivity index (χ3v) is 1.83. The average molecular weight is 177 g/mol. The highest BCUT2D eigenvalue weighted by Gasteiger charge is 2.05. The van der Waals surface area contributed by atoms with Gasteiger partial charge in [0.05, 0.1) is 0 Å². The maximum Gasteiger partial charge on any atom is 0.123 e. The third-order valence-electron chi connectivity index (χ3n) is 1.83. The summed E-state index contributed by atoms with van der Waals surface area (Å²) in [7, 11) is 0. The minimum atomic E-state index is -0.264. The first-order valence-electron chi connectivity index (χ1n) is 4.09. The van der Waals surface area contributed by atoms with E-state index >= 15 is 0 Å². The van der Waals surface area contributed by atoms with E-state index in [1.54, 1.807) is 0 Å². The summed E-state index contributed by atoms with van der Waals surface area (Å²) >= 11 is 0. The highest BCUT2D eigenvalue weighted by Crippen LogP contribution is 2.16. The lowest BCUT2D eigenvalue weighted by molar-refractivity contribution is 0.619. The first-order chi connectivity index (χ1) is 6.13. The minimum Gasteiger partial charge on any atom is -0.323 e. The molecule has 0 spiro atoms. The van der Waals surface area contributed by atoms with Crippen LogP contribution < -0.4 is 5.73 Å². The Morgan fingerprint density at radius 1 is 1.54 bits per heavy atom. The van der Waals surface area contributed by atoms with Gasteiger partial charge in [0.2, 0.25) is 0 Å². The van der Waals surface area contributed by atoms with Crippen molar-refractivity contribution in [2.75, 3.05) is 0 Å². The molecule has 0 amide bonds. The van der Waals surface area contributed by atoms with Crippen molar-refractivity contribution in [3.8, 4) is 12.3 Å². The number of hydrogen-bond acceptors (Lipinski definition) is 1. The molecule has 1 atom stereocenters. The normalized spacial score (nSPS) is 12.2. The van der Waals surface area contributed by atoms with Gasteiger partial charge in [-0.15, -0.1) is 12.3 Å². The van der Waals surface area contributed by atoms with Crippen LogP contribution >= 0.6 is 0 Å². The molecule has 0 fully saturated rings. The second-order valence-electron chi connectivity index (χ2n) is 3.08. The van der Waals surface area contributed by atoms with Gasteiger partial charge in [-0.05, 0) is 30.2 Å². The summed E-state index contributed by atoms with van der Waals surface area (Å²) in [5.41, 5.74) is 7.36. The lowest BCUT2D eigenvalue weighted by atomic mass is 10.0. The van der Waals surface area contributed by atoms with E-state index in [0.29, 0.717) is 6.42 Å². The van der Waals surface area contributed by atoms with Gasteiger partial charge >= 0.3 is 0 Å². The predicted octanol–water partition coefficient (Wildman–Crippen LogP) is 2.16. The molecule has 0 aliphatic rings. The lowest BCUT2D eigenvalue weighted by Crippen LogP contribution is -2.09. The van der Waals surface area contributed by atoms with Gasteiger partial charge in [0.1, 0.15) is 5.82 Å². The molecule has 2 N–H and O–H groups in total. The number of aryl methyl sites for hydroxylation is 1. The molecule has 0 aliphatic carbocycles. The van der Waals surface area contributed by atoms with Crippen LogP contribution in [0.15, 0.2) is 18.2 Å². The number of rotatable bonds is 2. The molecule has 0 heterocycles. The Bertz CT molecular complexity index is 318. The summed E-state index contributed by atoms with van der Waals surface area (Å²) in [6, 6.07) is 4.48. The monoisotopic (exact) mass is 177 g/mol. The highest BCUT2D eigenvalue weighted by atomic mass is 19.1. The Morgan fingerprint density at radius 3 is 2.77 bits per heavy atom. The molecule has 1 rings (SSSR count). The van der Waals surface area contributed by atoms with E-state index in [9.17, 15) is 4.39 Å². The molecular weight excluding hydrogens is 165 g/mol. The van der Waals surface area contributed by atoms with Gasteiger partial charge in [0, 0.05) is 12.5 Å². The Labute approximate surface area is 77.8 Å². The Morgan fingerprint density at radius 2 is 2.23 bits per heavy atom. The molecule has 0 aliphatic heterocycles. The van der Waals surface area contributed by atoms with E-state index in [1.165, 1.54) is 12.1 Å². The van der Waals surface area contributed by atoms with E-state index < -0.39 is 0 Å². The summed E-state index contributed by atoms with van der Waals surface area (Å²) in [6.07, 6.45) is 5.55. The van der Waals surface area contributed by atoms with Crippen LogP contribution in [0.25, 0.3) is 0 Å². The molecule has 68 valence electrons. The van der Waals surface area contributed by atoms with Crippen molar-refractivity contribution in [2.24, 2.45) is 5.73 Å². The molecule has 1 aromatic carbocycles. The van der Waals surface area contributed by atoms with E-state index in [1.807, 2.05) is 13.0 Å². The van der Waals surface area contributed by atoms with E-state index in [0.717, 1.165) is 11.1 Å². The zero-order chi connectivity index (χ0) is 9.84. The molecule has 2 heteroatoms. The molecular formula is C11H12FN. The van der Waals surface area contributed by atoms with Gasteiger partial charge < -0.3 is 5.73 Å². The fraction of sp³-hybridized carbons (Fsp3) is 0.273. The summed E-state index contributed by atoms with van der Waals surface area (Å²) < 4.78 is 12.9. The van der Waals surface area contributed by atoms with Gasteiger partial charge in [0.25, 0.3) is 0 Å². The standard InChI is InChI=1S/C11H12FN/c1-3-4-11(13)9-5-8(2)6-10(12)7-9/h1,5-7,11H,4,13H2,2H3. The SMILES string of the molecule is C#CCC(N)c1cc(C)cc(F)c1. The Balaban J connectivity index is 2.95. The maximum absolute atomic E-state index is 12.9. The van der Waals surface area contributed by atoms with Crippen LogP contribution in [0.4, 0.5) is 4.39 Å². The van der Waals surface area contributed by atoms with E-state index in [-0.39, 0.29) is 11.9 Å². The Hall–Kier alpha value is -1.33. The quantitative estimate of drug-likeness (QED) is 0.688. The fourth-order valence-electron chi connectivity index (χ4n) is 1.22.